The lowest BCUT2D eigenvalue weighted by Crippen LogP contribution is -2.26. The van der Waals surface area contributed by atoms with Gasteiger partial charge in [-0.05, 0) is 41.7 Å². The first kappa shape index (κ1) is 16.1. The molecule has 21 heavy (non-hydrogen) atoms. The second-order valence-corrected chi connectivity index (χ2v) is 5.81. The van der Waals surface area contributed by atoms with Crippen LogP contribution in [0.25, 0.3) is 6.08 Å². The Kier molecular flexibility index (Phi) is 6.27. The molecule has 0 spiro atoms. The number of nitrogens with two attached hydrogens (primary N) is 1. The lowest BCUT2D eigenvalue weighted by Gasteiger charge is -2.09. The van der Waals surface area contributed by atoms with E-state index in [4.69, 9.17) is 15.6 Å². The molecule has 3 N–H and O–H groups in total. The summed E-state index contributed by atoms with van der Waals surface area (Å²) in [6, 6.07) is 5.97. The summed E-state index contributed by atoms with van der Waals surface area (Å²) < 4.78 is 5.82. The van der Waals surface area contributed by atoms with E-state index in [2.05, 4.69) is 25.1 Å². The summed E-state index contributed by atoms with van der Waals surface area (Å²) in [7, 11) is 0. The summed E-state index contributed by atoms with van der Waals surface area (Å²) in [5, 5.41) is 9.14. The zero-order chi connectivity index (χ0) is 15.1. The molecule has 1 aromatic rings. The van der Waals surface area contributed by atoms with Gasteiger partial charge in [0.2, 0.25) is 0 Å². The fourth-order valence-electron chi connectivity index (χ4n) is 2.68. The Morgan fingerprint density at radius 3 is 2.81 bits per heavy atom. The number of aliphatic hydroxyl groups is 1. The largest absolute Gasteiger partial charge is 0.494 e. The summed E-state index contributed by atoms with van der Waals surface area (Å²) >= 11 is 0. The van der Waals surface area contributed by atoms with Crippen LogP contribution in [0, 0.1) is 0 Å². The van der Waals surface area contributed by atoms with Crippen molar-refractivity contribution in [2.24, 2.45) is 5.73 Å². The van der Waals surface area contributed by atoms with Gasteiger partial charge in [-0.1, -0.05) is 44.7 Å². The summed E-state index contributed by atoms with van der Waals surface area (Å²) in [6.07, 6.45) is 9.18. The van der Waals surface area contributed by atoms with Gasteiger partial charge in [0.15, 0.2) is 0 Å². The molecule has 0 saturated carbocycles. The van der Waals surface area contributed by atoms with E-state index in [1.165, 1.54) is 36.8 Å². The molecular weight excluding hydrogens is 262 g/mol. The van der Waals surface area contributed by atoms with E-state index in [1.54, 1.807) is 0 Å². The fraction of sp³-hybridized carbons (Fsp3) is 0.556. The van der Waals surface area contributed by atoms with Gasteiger partial charge in [-0.25, -0.2) is 0 Å². The smallest absolute Gasteiger partial charge is 0.119 e. The molecule has 0 unspecified atom stereocenters. The fourth-order valence-corrected chi connectivity index (χ4v) is 2.68. The first-order valence-electron chi connectivity index (χ1n) is 8.07. The summed E-state index contributed by atoms with van der Waals surface area (Å²) in [5.41, 5.74) is 9.43. The lowest BCUT2D eigenvalue weighted by molar-refractivity contribution is 0.279. The maximum atomic E-state index is 9.14. The molecule has 1 atom stereocenters. The molecule has 0 saturated heterocycles. The summed E-state index contributed by atoms with van der Waals surface area (Å²) in [4.78, 5) is 0. The number of fused-ring (bicyclic) bond motifs is 1. The Labute approximate surface area is 127 Å². The van der Waals surface area contributed by atoms with Crippen LogP contribution in [0.5, 0.6) is 5.75 Å². The van der Waals surface area contributed by atoms with Crippen LogP contribution in [0.15, 0.2) is 23.8 Å². The van der Waals surface area contributed by atoms with Gasteiger partial charge in [0.05, 0.1) is 13.2 Å². The van der Waals surface area contributed by atoms with Crippen LogP contribution in [-0.4, -0.2) is 24.4 Å². The Hall–Kier alpha value is -1.32. The van der Waals surface area contributed by atoms with Gasteiger partial charge < -0.3 is 15.6 Å². The van der Waals surface area contributed by atoms with Gasteiger partial charge in [0.1, 0.15) is 5.75 Å². The van der Waals surface area contributed by atoms with Gasteiger partial charge in [-0.2, -0.15) is 0 Å². The molecule has 0 heterocycles. The Morgan fingerprint density at radius 2 is 2.05 bits per heavy atom. The zero-order valence-electron chi connectivity index (χ0n) is 13.0. The van der Waals surface area contributed by atoms with Crippen molar-refractivity contribution in [1.82, 2.24) is 0 Å². The van der Waals surface area contributed by atoms with Crippen molar-refractivity contribution in [3.63, 3.8) is 0 Å². The van der Waals surface area contributed by atoms with Crippen LogP contribution in [0.1, 0.15) is 50.2 Å². The zero-order valence-corrected chi connectivity index (χ0v) is 13.0. The number of hydrogen-bond donors (Lipinski definition) is 2. The summed E-state index contributed by atoms with van der Waals surface area (Å²) in [6.45, 7) is 3.02. The van der Waals surface area contributed by atoms with E-state index in [9.17, 15) is 0 Å². The normalized spacial score (nSPS) is 14.7. The monoisotopic (exact) mass is 289 g/mol. The predicted octanol–water partition coefficient (Wildman–Crippen LogP) is 3.29. The SMILES string of the molecule is CCCCCCCOc1ccc2c(c1)C=C([C@@H](N)CO)C2. The van der Waals surface area contributed by atoms with Crippen molar-refractivity contribution in [3.8, 4) is 5.75 Å². The van der Waals surface area contributed by atoms with Gasteiger partial charge in [0.25, 0.3) is 0 Å². The average Bonchev–Trinajstić information content (AvgIpc) is 2.93. The van der Waals surface area contributed by atoms with Crippen LogP contribution in [0.2, 0.25) is 0 Å². The minimum absolute atomic E-state index is 0.000932. The highest BCUT2D eigenvalue weighted by molar-refractivity contribution is 5.66. The highest BCUT2D eigenvalue weighted by atomic mass is 16.5. The Morgan fingerprint density at radius 1 is 1.24 bits per heavy atom. The molecule has 3 heteroatoms. The molecule has 0 aliphatic heterocycles. The van der Waals surface area contributed by atoms with Crippen LogP contribution < -0.4 is 10.5 Å². The first-order valence-corrected chi connectivity index (χ1v) is 8.07. The standard InChI is InChI=1S/C18H27NO2/c1-2-3-4-5-6-9-21-17-8-7-14-10-16(18(19)13-20)11-15(14)12-17/h7-8,11-12,18,20H,2-6,9-10,13,19H2,1H3/t18-/m0/s1. The van der Waals surface area contributed by atoms with Crippen LogP contribution in [-0.2, 0) is 6.42 Å². The molecule has 1 aliphatic carbocycles. The van der Waals surface area contributed by atoms with Crippen LogP contribution in [0.3, 0.4) is 0 Å². The second kappa shape index (κ2) is 8.20. The van der Waals surface area contributed by atoms with Crippen molar-refractivity contribution in [2.45, 2.75) is 51.5 Å². The number of benzene rings is 1. The lowest BCUT2D eigenvalue weighted by atomic mass is 10.1. The van der Waals surface area contributed by atoms with Crippen LogP contribution in [0.4, 0.5) is 0 Å². The maximum absolute atomic E-state index is 9.14. The molecule has 2 rings (SSSR count). The molecular formula is C18H27NO2. The minimum atomic E-state index is -0.250. The molecule has 1 aliphatic rings. The van der Waals surface area contributed by atoms with Crippen molar-refractivity contribution in [3.05, 3.63) is 34.9 Å². The van der Waals surface area contributed by atoms with E-state index in [1.807, 2.05) is 6.07 Å². The van der Waals surface area contributed by atoms with Gasteiger partial charge in [-0.15, -0.1) is 0 Å². The number of aliphatic hydroxyl groups excluding tert-OH is 1. The minimum Gasteiger partial charge on any atom is -0.494 e. The number of rotatable bonds is 9. The maximum Gasteiger partial charge on any atom is 0.119 e. The third kappa shape index (κ3) is 4.58. The number of hydrogen-bond acceptors (Lipinski definition) is 3. The highest BCUT2D eigenvalue weighted by Crippen LogP contribution is 2.29. The number of unbranched alkanes of at least 4 members (excludes halogenated alkanes) is 4. The number of ether oxygens (including phenoxy) is 1. The molecule has 116 valence electrons. The summed E-state index contributed by atoms with van der Waals surface area (Å²) in [5.74, 6) is 0.930. The van der Waals surface area contributed by atoms with Crippen molar-refractivity contribution < 1.29 is 9.84 Å². The van der Waals surface area contributed by atoms with Gasteiger partial charge in [0, 0.05) is 6.04 Å². The van der Waals surface area contributed by atoms with E-state index in [0.717, 1.165) is 30.8 Å². The molecule has 0 fully saturated rings. The highest BCUT2D eigenvalue weighted by Gasteiger charge is 2.17. The molecule has 1 aromatic carbocycles. The van der Waals surface area contributed by atoms with Crippen molar-refractivity contribution in [2.75, 3.05) is 13.2 Å². The Bertz CT molecular complexity index is 482. The van der Waals surface area contributed by atoms with E-state index < -0.39 is 0 Å². The van der Waals surface area contributed by atoms with E-state index in [0.29, 0.717) is 0 Å². The molecule has 0 amide bonds. The topological polar surface area (TPSA) is 55.5 Å². The van der Waals surface area contributed by atoms with Crippen molar-refractivity contribution >= 4 is 6.08 Å². The van der Waals surface area contributed by atoms with Gasteiger partial charge in [-0.3, -0.25) is 0 Å². The van der Waals surface area contributed by atoms with Crippen molar-refractivity contribution in [1.29, 1.82) is 0 Å². The van der Waals surface area contributed by atoms with E-state index >= 15 is 0 Å². The van der Waals surface area contributed by atoms with E-state index in [-0.39, 0.29) is 12.6 Å². The predicted molar refractivity (Wildman–Crippen MR) is 87.4 cm³/mol. The molecule has 0 radical (unpaired) electrons. The first-order chi connectivity index (χ1) is 10.2. The third-order valence-electron chi connectivity index (χ3n) is 4.04. The second-order valence-electron chi connectivity index (χ2n) is 5.81. The quantitative estimate of drug-likeness (QED) is 0.686. The van der Waals surface area contributed by atoms with Crippen LogP contribution >= 0.6 is 0 Å². The molecule has 0 bridgehead atoms. The molecule has 0 aromatic heterocycles. The molecule has 3 nitrogen and oxygen atoms in total. The Balaban J connectivity index is 1.83. The van der Waals surface area contributed by atoms with Gasteiger partial charge >= 0.3 is 0 Å². The average molecular weight is 289 g/mol. The third-order valence-corrected chi connectivity index (χ3v) is 4.04.